The van der Waals surface area contributed by atoms with Crippen molar-refractivity contribution >= 4 is 17.6 Å². The van der Waals surface area contributed by atoms with Crippen LogP contribution in [0, 0.1) is 0 Å². The Balaban J connectivity index is 1.73. The zero-order valence-corrected chi connectivity index (χ0v) is 12.6. The normalized spacial score (nSPS) is 20.6. The first kappa shape index (κ1) is 16.3. The Morgan fingerprint density at radius 1 is 1.32 bits per heavy atom. The molecule has 1 aliphatic rings. The summed E-state index contributed by atoms with van der Waals surface area (Å²) in [7, 11) is 0. The molecule has 0 radical (unpaired) electrons. The summed E-state index contributed by atoms with van der Waals surface area (Å²) in [6.45, 7) is 1.67. The van der Waals surface area contributed by atoms with E-state index in [1.54, 1.807) is 24.3 Å². The lowest BCUT2D eigenvalue weighted by molar-refractivity contribution is -0.139. The van der Waals surface area contributed by atoms with Crippen molar-refractivity contribution in [3.63, 3.8) is 0 Å². The first-order chi connectivity index (χ1) is 10.5. The first-order valence-corrected chi connectivity index (χ1v) is 7.43. The predicted molar refractivity (Wildman–Crippen MR) is 81.0 cm³/mol. The van der Waals surface area contributed by atoms with Gasteiger partial charge < -0.3 is 19.9 Å². The molecule has 2 unspecified atom stereocenters. The number of carboxylic acid groups (broad SMARTS) is 1. The van der Waals surface area contributed by atoms with Gasteiger partial charge in [0.25, 0.3) is 0 Å². The molecule has 2 N–H and O–H groups in total. The Hall–Kier alpha value is -2.08. The number of carboxylic acids is 1. The topological polar surface area (TPSA) is 84.9 Å². The fraction of sp³-hybridized carbons (Fsp3) is 0.500. The Kier molecular flexibility index (Phi) is 5.77. The zero-order chi connectivity index (χ0) is 15.9. The van der Waals surface area contributed by atoms with E-state index in [9.17, 15) is 9.59 Å². The van der Waals surface area contributed by atoms with Crippen molar-refractivity contribution in [3.8, 4) is 5.75 Å². The van der Waals surface area contributed by atoms with Gasteiger partial charge in [0, 0.05) is 12.1 Å². The average molecular weight is 307 g/mol. The summed E-state index contributed by atoms with van der Waals surface area (Å²) in [4.78, 5) is 22.3. The molecule has 1 fully saturated rings. The van der Waals surface area contributed by atoms with Crippen molar-refractivity contribution in [2.75, 3.05) is 11.9 Å². The molecule has 1 amide bonds. The molecule has 0 saturated carbocycles. The number of hydrogen-bond acceptors (Lipinski definition) is 4. The Labute approximate surface area is 129 Å². The lowest BCUT2D eigenvalue weighted by Crippen LogP contribution is -2.16. The highest BCUT2D eigenvalue weighted by Crippen LogP contribution is 2.23. The number of benzene rings is 1. The van der Waals surface area contributed by atoms with Crippen LogP contribution in [-0.2, 0) is 14.3 Å². The van der Waals surface area contributed by atoms with Crippen LogP contribution in [0.5, 0.6) is 5.75 Å². The van der Waals surface area contributed by atoms with Crippen LogP contribution < -0.4 is 10.1 Å². The van der Waals surface area contributed by atoms with E-state index in [0.29, 0.717) is 24.0 Å². The van der Waals surface area contributed by atoms with Gasteiger partial charge in [-0.05, 0) is 50.5 Å². The molecule has 0 bridgehead atoms. The van der Waals surface area contributed by atoms with E-state index in [0.717, 1.165) is 19.3 Å². The molecular formula is C16H21NO5. The third-order valence-corrected chi connectivity index (χ3v) is 3.51. The van der Waals surface area contributed by atoms with E-state index in [4.69, 9.17) is 14.6 Å². The van der Waals surface area contributed by atoms with Gasteiger partial charge in [-0.2, -0.15) is 0 Å². The van der Waals surface area contributed by atoms with Crippen LogP contribution in [0.3, 0.4) is 0 Å². The summed E-state index contributed by atoms with van der Waals surface area (Å²) in [5, 5.41) is 11.3. The van der Waals surface area contributed by atoms with Crippen LogP contribution in [-0.4, -0.2) is 35.8 Å². The van der Waals surface area contributed by atoms with Gasteiger partial charge in [-0.1, -0.05) is 0 Å². The highest BCUT2D eigenvalue weighted by Gasteiger charge is 2.22. The minimum absolute atomic E-state index is 0.0534. The molecule has 1 aromatic carbocycles. The lowest BCUT2D eigenvalue weighted by Gasteiger charge is -2.11. The van der Waals surface area contributed by atoms with Crippen LogP contribution in [0.1, 0.15) is 32.6 Å². The van der Waals surface area contributed by atoms with Crippen LogP contribution in [0.2, 0.25) is 0 Å². The average Bonchev–Trinajstić information content (AvgIpc) is 2.90. The molecule has 120 valence electrons. The summed E-state index contributed by atoms with van der Waals surface area (Å²) in [6.07, 6.45) is 3.72. The number of hydrogen-bond donors (Lipinski definition) is 2. The number of aliphatic carboxylic acids is 1. The molecule has 22 heavy (non-hydrogen) atoms. The van der Waals surface area contributed by atoms with Gasteiger partial charge in [-0.3, -0.25) is 4.79 Å². The molecule has 0 aromatic heterocycles. The van der Waals surface area contributed by atoms with Gasteiger partial charge in [0.2, 0.25) is 5.91 Å². The molecule has 1 aliphatic heterocycles. The molecular weight excluding hydrogens is 286 g/mol. The van der Waals surface area contributed by atoms with Gasteiger partial charge in [0.15, 0.2) is 6.61 Å². The number of amides is 1. The van der Waals surface area contributed by atoms with Crippen molar-refractivity contribution in [3.05, 3.63) is 24.3 Å². The van der Waals surface area contributed by atoms with E-state index in [2.05, 4.69) is 5.32 Å². The van der Waals surface area contributed by atoms with Crippen LogP contribution >= 0.6 is 0 Å². The van der Waals surface area contributed by atoms with Crippen molar-refractivity contribution in [2.45, 2.75) is 44.8 Å². The Morgan fingerprint density at radius 3 is 2.64 bits per heavy atom. The quantitative estimate of drug-likeness (QED) is 0.808. The molecule has 6 heteroatoms. The minimum Gasteiger partial charge on any atom is -0.482 e. The lowest BCUT2D eigenvalue weighted by atomic mass is 10.1. The maximum absolute atomic E-state index is 11.9. The second-order valence-electron chi connectivity index (χ2n) is 5.44. The van der Waals surface area contributed by atoms with E-state index in [1.807, 2.05) is 6.92 Å². The number of carbonyl (C=O) groups excluding carboxylic acids is 1. The highest BCUT2D eigenvalue weighted by molar-refractivity contribution is 5.90. The molecule has 1 aromatic rings. The van der Waals surface area contributed by atoms with Gasteiger partial charge in [0.1, 0.15) is 5.75 Å². The van der Waals surface area contributed by atoms with E-state index >= 15 is 0 Å². The molecule has 6 nitrogen and oxygen atoms in total. The molecule has 2 rings (SSSR count). The van der Waals surface area contributed by atoms with Crippen molar-refractivity contribution in [2.24, 2.45) is 0 Å². The molecule has 2 atom stereocenters. The summed E-state index contributed by atoms with van der Waals surface area (Å²) in [6, 6.07) is 6.62. The maximum Gasteiger partial charge on any atom is 0.341 e. The smallest absolute Gasteiger partial charge is 0.341 e. The van der Waals surface area contributed by atoms with Crippen LogP contribution in [0.15, 0.2) is 24.3 Å². The molecule has 1 heterocycles. The Bertz CT molecular complexity index is 514. The van der Waals surface area contributed by atoms with Gasteiger partial charge in [-0.15, -0.1) is 0 Å². The fourth-order valence-corrected chi connectivity index (χ4v) is 2.39. The van der Waals surface area contributed by atoms with Gasteiger partial charge in [-0.25, -0.2) is 4.79 Å². The minimum atomic E-state index is -1.03. The number of rotatable bonds is 7. The monoisotopic (exact) mass is 307 g/mol. The SMILES string of the molecule is CC1CCC(CCC(=O)Nc2ccc(OCC(=O)O)cc2)O1. The third kappa shape index (κ3) is 5.37. The van der Waals surface area contributed by atoms with Gasteiger partial charge >= 0.3 is 5.97 Å². The number of nitrogens with one attached hydrogen (secondary N) is 1. The standard InChI is InChI=1S/C16H21NO5/c1-11-2-5-14(22-11)8-9-15(18)17-12-3-6-13(7-4-12)21-10-16(19)20/h3-4,6-7,11,14H,2,5,8-10H2,1H3,(H,17,18)(H,19,20). The second-order valence-corrected chi connectivity index (χ2v) is 5.44. The van der Waals surface area contributed by atoms with E-state index in [1.165, 1.54) is 0 Å². The number of carbonyl (C=O) groups is 2. The fourth-order valence-electron chi connectivity index (χ4n) is 2.39. The van der Waals surface area contributed by atoms with Crippen LogP contribution in [0.4, 0.5) is 5.69 Å². The summed E-state index contributed by atoms with van der Waals surface area (Å²) >= 11 is 0. The largest absolute Gasteiger partial charge is 0.482 e. The number of anilines is 1. The summed E-state index contributed by atoms with van der Waals surface area (Å²) in [5.74, 6) is -0.628. The number of ether oxygens (including phenoxy) is 2. The van der Waals surface area contributed by atoms with Gasteiger partial charge in [0.05, 0.1) is 12.2 Å². The van der Waals surface area contributed by atoms with E-state index in [-0.39, 0.29) is 18.6 Å². The second kappa shape index (κ2) is 7.79. The Morgan fingerprint density at radius 2 is 2.05 bits per heavy atom. The first-order valence-electron chi connectivity index (χ1n) is 7.43. The van der Waals surface area contributed by atoms with E-state index < -0.39 is 5.97 Å². The van der Waals surface area contributed by atoms with Crippen LogP contribution in [0.25, 0.3) is 0 Å². The third-order valence-electron chi connectivity index (χ3n) is 3.51. The van der Waals surface area contributed by atoms with Crippen molar-refractivity contribution < 1.29 is 24.2 Å². The molecule has 1 saturated heterocycles. The highest BCUT2D eigenvalue weighted by atomic mass is 16.5. The van der Waals surface area contributed by atoms with Crippen molar-refractivity contribution in [1.82, 2.24) is 0 Å². The molecule has 0 aliphatic carbocycles. The maximum atomic E-state index is 11.9. The predicted octanol–water partition coefficient (Wildman–Crippen LogP) is 2.44. The zero-order valence-electron chi connectivity index (χ0n) is 12.6. The van der Waals surface area contributed by atoms with Crippen molar-refractivity contribution in [1.29, 1.82) is 0 Å². The summed E-state index contributed by atoms with van der Waals surface area (Å²) < 4.78 is 10.7. The summed E-state index contributed by atoms with van der Waals surface area (Å²) in [5.41, 5.74) is 0.661. The molecule has 0 spiro atoms.